The third kappa shape index (κ3) is 3.17. The van der Waals surface area contributed by atoms with Crippen molar-refractivity contribution in [3.8, 4) is 0 Å². The Morgan fingerprint density at radius 3 is 2.55 bits per heavy atom. The molecule has 1 heterocycles. The molecule has 112 valence electrons. The van der Waals surface area contributed by atoms with Crippen molar-refractivity contribution in [2.45, 2.75) is 57.9 Å². The van der Waals surface area contributed by atoms with Crippen LogP contribution in [0.15, 0.2) is 4.52 Å². The van der Waals surface area contributed by atoms with Crippen LogP contribution in [0.1, 0.15) is 57.2 Å². The Kier molecular flexibility index (Phi) is 4.75. The van der Waals surface area contributed by atoms with E-state index in [0.29, 0.717) is 18.3 Å². The van der Waals surface area contributed by atoms with Crippen LogP contribution >= 0.6 is 0 Å². The minimum absolute atomic E-state index is 0.0307. The van der Waals surface area contributed by atoms with Gasteiger partial charge >= 0.3 is 0 Å². The van der Waals surface area contributed by atoms with Crippen LogP contribution in [0, 0.1) is 12.8 Å². The highest BCUT2D eigenvalue weighted by Crippen LogP contribution is 2.34. The van der Waals surface area contributed by atoms with Gasteiger partial charge in [0.15, 0.2) is 5.82 Å². The molecule has 1 aromatic heterocycles. The number of nitrogens with two attached hydrogens (primary N) is 1. The molecular weight excluding hydrogens is 256 g/mol. The Morgan fingerprint density at radius 2 is 2.05 bits per heavy atom. The largest absolute Gasteiger partial charge is 0.343 e. The molecule has 0 spiro atoms. The van der Waals surface area contributed by atoms with E-state index in [1.54, 1.807) is 6.92 Å². The van der Waals surface area contributed by atoms with Gasteiger partial charge in [0.05, 0.1) is 0 Å². The molecule has 1 aromatic rings. The summed E-state index contributed by atoms with van der Waals surface area (Å²) < 4.78 is 5.11. The van der Waals surface area contributed by atoms with E-state index in [1.165, 1.54) is 12.8 Å². The number of carbonyl (C=O) groups excluding carboxylic acids is 1. The first kappa shape index (κ1) is 15.0. The number of amides is 1. The molecule has 2 rings (SSSR count). The molecule has 3 N–H and O–H groups in total. The van der Waals surface area contributed by atoms with Gasteiger partial charge in [-0.2, -0.15) is 4.98 Å². The maximum Gasteiger partial charge on any atom is 0.224 e. The molecule has 0 aliphatic heterocycles. The van der Waals surface area contributed by atoms with Gasteiger partial charge in [0.2, 0.25) is 11.8 Å². The lowest BCUT2D eigenvalue weighted by atomic mass is 9.88. The average Bonchev–Trinajstić information content (AvgIpc) is 2.74. The molecule has 1 saturated carbocycles. The average molecular weight is 280 g/mol. The summed E-state index contributed by atoms with van der Waals surface area (Å²) in [5.41, 5.74) is 5.09. The molecule has 6 nitrogen and oxygen atoms in total. The van der Waals surface area contributed by atoms with Crippen LogP contribution in [-0.4, -0.2) is 22.6 Å². The Morgan fingerprint density at radius 1 is 1.40 bits per heavy atom. The number of rotatable bonds is 4. The van der Waals surface area contributed by atoms with Crippen molar-refractivity contribution >= 4 is 5.91 Å². The lowest BCUT2D eigenvalue weighted by molar-refractivity contribution is -0.126. The molecule has 1 aliphatic carbocycles. The van der Waals surface area contributed by atoms with Crippen molar-refractivity contribution in [3.63, 3.8) is 0 Å². The molecule has 1 fully saturated rings. The van der Waals surface area contributed by atoms with E-state index in [-0.39, 0.29) is 11.8 Å². The van der Waals surface area contributed by atoms with Crippen LogP contribution in [0.25, 0.3) is 0 Å². The van der Waals surface area contributed by atoms with Gasteiger partial charge in [-0.3, -0.25) is 4.79 Å². The number of aromatic nitrogens is 2. The fourth-order valence-corrected chi connectivity index (χ4v) is 2.70. The van der Waals surface area contributed by atoms with Gasteiger partial charge in [-0.15, -0.1) is 0 Å². The third-order valence-corrected chi connectivity index (χ3v) is 4.08. The molecule has 0 aromatic carbocycles. The molecule has 1 atom stereocenters. The molecule has 0 saturated heterocycles. The zero-order valence-electron chi connectivity index (χ0n) is 12.3. The van der Waals surface area contributed by atoms with E-state index in [1.807, 2.05) is 6.92 Å². The van der Waals surface area contributed by atoms with Gasteiger partial charge in [0.1, 0.15) is 5.54 Å². The lowest BCUT2D eigenvalue weighted by Crippen LogP contribution is -2.49. The summed E-state index contributed by atoms with van der Waals surface area (Å²) in [5.74, 6) is 0.902. The van der Waals surface area contributed by atoms with Crippen LogP contribution in [-0.2, 0) is 10.3 Å². The molecule has 1 aliphatic rings. The number of nitrogens with zero attached hydrogens (tertiary/aromatic N) is 2. The zero-order chi connectivity index (χ0) is 14.6. The van der Waals surface area contributed by atoms with Crippen LogP contribution < -0.4 is 11.1 Å². The predicted octanol–water partition coefficient (Wildman–Crippen LogP) is 1.64. The third-order valence-electron chi connectivity index (χ3n) is 4.08. The number of hydrogen-bond acceptors (Lipinski definition) is 5. The highest BCUT2D eigenvalue weighted by Gasteiger charge is 2.39. The first-order valence-electron chi connectivity index (χ1n) is 7.40. The summed E-state index contributed by atoms with van der Waals surface area (Å²) in [6.45, 7) is 3.94. The Hall–Kier alpha value is -1.43. The molecular formula is C14H24N4O2. The Labute approximate surface area is 119 Å². The number of carbonyl (C=O) groups is 1. The summed E-state index contributed by atoms with van der Waals surface area (Å²) in [5, 5.41) is 7.21. The van der Waals surface area contributed by atoms with Crippen LogP contribution in [0.4, 0.5) is 0 Å². The second kappa shape index (κ2) is 6.35. The summed E-state index contributed by atoms with van der Waals surface area (Å²) in [4.78, 5) is 16.6. The van der Waals surface area contributed by atoms with Crippen LogP contribution in [0.3, 0.4) is 0 Å². The second-order valence-electron chi connectivity index (χ2n) is 5.76. The molecule has 6 heteroatoms. The Balaban J connectivity index is 2.26. The topological polar surface area (TPSA) is 94.0 Å². The van der Waals surface area contributed by atoms with Crippen LogP contribution in [0.5, 0.6) is 0 Å². The molecule has 1 unspecified atom stereocenters. The van der Waals surface area contributed by atoms with Gasteiger partial charge in [0.25, 0.3) is 0 Å². The maximum absolute atomic E-state index is 12.3. The number of hydrogen-bond donors (Lipinski definition) is 2. The molecule has 0 bridgehead atoms. The van der Waals surface area contributed by atoms with E-state index in [0.717, 1.165) is 25.7 Å². The van der Waals surface area contributed by atoms with Gasteiger partial charge < -0.3 is 15.6 Å². The van der Waals surface area contributed by atoms with E-state index in [2.05, 4.69) is 15.5 Å². The van der Waals surface area contributed by atoms with Crippen molar-refractivity contribution in [1.29, 1.82) is 0 Å². The lowest BCUT2D eigenvalue weighted by Gasteiger charge is -2.31. The van der Waals surface area contributed by atoms with Gasteiger partial charge in [0, 0.05) is 19.4 Å². The molecule has 0 radical (unpaired) electrons. The second-order valence-corrected chi connectivity index (χ2v) is 5.76. The van der Waals surface area contributed by atoms with Crippen molar-refractivity contribution in [2.75, 3.05) is 6.54 Å². The fraction of sp³-hybridized carbons (Fsp3) is 0.786. The van der Waals surface area contributed by atoms with Gasteiger partial charge in [-0.25, -0.2) is 0 Å². The first-order valence-corrected chi connectivity index (χ1v) is 7.40. The van der Waals surface area contributed by atoms with Crippen molar-refractivity contribution in [1.82, 2.24) is 15.5 Å². The van der Waals surface area contributed by atoms with Crippen molar-refractivity contribution in [2.24, 2.45) is 11.7 Å². The van der Waals surface area contributed by atoms with E-state index < -0.39 is 5.54 Å². The maximum atomic E-state index is 12.3. The SMILES string of the molecule is Cc1nc(C2(NC(=O)C(C)CN)CCCCCC2)no1. The molecule has 20 heavy (non-hydrogen) atoms. The van der Waals surface area contributed by atoms with E-state index >= 15 is 0 Å². The number of nitrogens with one attached hydrogen (secondary N) is 1. The van der Waals surface area contributed by atoms with E-state index in [4.69, 9.17) is 10.3 Å². The normalized spacial score (nSPS) is 20.1. The summed E-state index contributed by atoms with van der Waals surface area (Å²) in [6.07, 6.45) is 6.20. The zero-order valence-corrected chi connectivity index (χ0v) is 12.3. The highest BCUT2D eigenvalue weighted by atomic mass is 16.5. The summed E-state index contributed by atoms with van der Waals surface area (Å²) >= 11 is 0. The van der Waals surface area contributed by atoms with E-state index in [9.17, 15) is 4.79 Å². The number of aryl methyl sites for hydroxylation is 1. The van der Waals surface area contributed by atoms with Crippen LogP contribution in [0.2, 0.25) is 0 Å². The standard InChI is InChI=1S/C14H24N4O2/c1-10(9-15)12(19)17-14(7-5-3-4-6-8-14)13-16-11(2)20-18-13/h10H,3-9,15H2,1-2H3,(H,17,19). The smallest absolute Gasteiger partial charge is 0.224 e. The minimum atomic E-state index is -0.491. The monoisotopic (exact) mass is 280 g/mol. The fourth-order valence-electron chi connectivity index (χ4n) is 2.70. The van der Waals surface area contributed by atoms with Gasteiger partial charge in [-0.1, -0.05) is 37.8 Å². The Bertz CT molecular complexity index is 450. The van der Waals surface area contributed by atoms with Crippen molar-refractivity contribution in [3.05, 3.63) is 11.7 Å². The minimum Gasteiger partial charge on any atom is -0.343 e. The highest BCUT2D eigenvalue weighted by molar-refractivity contribution is 5.79. The first-order chi connectivity index (χ1) is 9.57. The van der Waals surface area contributed by atoms with Crippen molar-refractivity contribution < 1.29 is 9.32 Å². The quantitative estimate of drug-likeness (QED) is 0.818. The van der Waals surface area contributed by atoms with Gasteiger partial charge in [-0.05, 0) is 12.8 Å². The summed E-state index contributed by atoms with van der Waals surface area (Å²) in [6, 6.07) is 0. The summed E-state index contributed by atoms with van der Waals surface area (Å²) in [7, 11) is 0. The predicted molar refractivity (Wildman–Crippen MR) is 74.8 cm³/mol. The molecule has 1 amide bonds.